The smallest absolute Gasteiger partial charge is 0.260 e. The van der Waals surface area contributed by atoms with Crippen LogP contribution in [0.5, 0.6) is 11.6 Å². The molecule has 4 rings (SSSR count). The van der Waals surface area contributed by atoms with E-state index in [1.807, 2.05) is 36.4 Å². The molecule has 0 fully saturated rings. The highest BCUT2D eigenvalue weighted by molar-refractivity contribution is 6.10. The first kappa shape index (κ1) is 16.6. The highest BCUT2D eigenvalue weighted by Crippen LogP contribution is 2.22. The molecule has 0 spiro atoms. The quantitative estimate of drug-likeness (QED) is 0.655. The number of amidine groups is 1. The Morgan fingerprint density at radius 2 is 1.85 bits per heavy atom. The average Bonchev–Trinajstić information content (AvgIpc) is 3.03. The molecule has 7 heteroatoms. The van der Waals surface area contributed by atoms with Gasteiger partial charge in [0.05, 0.1) is 18.0 Å². The number of anilines is 1. The molecule has 134 valence electrons. The van der Waals surface area contributed by atoms with Crippen LogP contribution in [0.1, 0.15) is 11.1 Å². The SMILES string of the molecule is COc1ccccc1C=c1c(=O)[nH]c(O)c2c1=NN(c1ccccc1)C2=N. The van der Waals surface area contributed by atoms with Crippen molar-refractivity contribution < 1.29 is 9.84 Å². The van der Waals surface area contributed by atoms with Crippen LogP contribution in [0.2, 0.25) is 0 Å². The van der Waals surface area contributed by atoms with E-state index < -0.39 is 5.56 Å². The standard InChI is InChI=1S/C20H16N4O3/c1-27-15-10-6-5-7-12(15)11-14-17-16(20(26)22-19(14)25)18(21)24(23-17)13-8-3-2-4-9-13/h2-11,21,26H,1H3,(H,22,25). The Bertz CT molecular complexity index is 1220. The summed E-state index contributed by atoms with van der Waals surface area (Å²) in [6, 6.07) is 16.4. The van der Waals surface area contributed by atoms with E-state index in [0.29, 0.717) is 17.0 Å². The summed E-state index contributed by atoms with van der Waals surface area (Å²) in [6.45, 7) is 0. The van der Waals surface area contributed by atoms with Gasteiger partial charge in [0.25, 0.3) is 5.56 Å². The number of hydrogen-bond donors (Lipinski definition) is 3. The van der Waals surface area contributed by atoms with Gasteiger partial charge in [0.15, 0.2) is 5.84 Å². The van der Waals surface area contributed by atoms with Crippen LogP contribution in [0.4, 0.5) is 5.69 Å². The number of aromatic hydroxyl groups is 1. The molecule has 0 radical (unpaired) electrons. The fourth-order valence-corrected chi connectivity index (χ4v) is 3.01. The van der Waals surface area contributed by atoms with Crippen molar-refractivity contribution in [1.82, 2.24) is 4.98 Å². The first-order valence-electron chi connectivity index (χ1n) is 8.23. The molecule has 1 aliphatic rings. The molecule has 0 unspecified atom stereocenters. The van der Waals surface area contributed by atoms with Crippen molar-refractivity contribution >= 4 is 17.6 Å². The number of para-hydroxylation sites is 2. The molecule has 1 aliphatic heterocycles. The lowest BCUT2D eigenvalue weighted by atomic mass is 10.1. The van der Waals surface area contributed by atoms with Gasteiger partial charge in [-0.25, -0.2) is 5.01 Å². The van der Waals surface area contributed by atoms with Crippen LogP contribution in [0, 0.1) is 5.41 Å². The van der Waals surface area contributed by atoms with Crippen molar-refractivity contribution in [3.63, 3.8) is 0 Å². The number of pyridine rings is 1. The minimum atomic E-state index is -0.497. The Hall–Kier alpha value is -3.87. The summed E-state index contributed by atoms with van der Waals surface area (Å²) in [5.41, 5.74) is 1.04. The van der Waals surface area contributed by atoms with Crippen molar-refractivity contribution in [2.75, 3.05) is 12.1 Å². The maximum Gasteiger partial charge on any atom is 0.260 e. The highest BCUT2D eigenvalue weighted by atomic mass is 16.5. The molecule has 2 aromatic carbocycles. The lowest BCUT2D eigenvalue weighted by Gasteiger charge is -2.13. The topological polar surface area (TPSA) is 102 Å². The molecule has 0 atom stereocenters. The maximum atomic E-state index is 12.5. The molecule has 0 saturated carbocycles. The summed E-state index contributed by atoms with van der Waals surface area (Å²) in [7, 11) is 1.55. The monoisotopic (exact) mass is 360 g/mol. The van der Waals surface area contributed by atoms with Crippen LogP contribution in [0.15, 0.2) is 64.5 Å². The van der Waals surface area contributed by atoms with E-state index in [1.54, 1.807) is 31.4 Å². The van der Waals surface area contributed by atoms with Gasteiger partial charge in [-0.05, 0) is 24.3 Å². The van der Waals surface area contributed by atoms with E-state index in [2.05, 4.69) is 10.1 Å². The Labute approximate surface area is 154 Å². The van der Waals surface area contributed by atoms with Gasteiger partial charge in [0.1, 0.15) is 16.7 Å². The van der Waals surface area contributed by atoms with Crippen molar-refractivity contribution in [1.29, 1.82) is 5.41 Å². The van der Waals surface area contributed by atoms with Gasteiger partial charge < -0.3 is 9.84 Å². The third-order valence-electron chi connectivity index (χ3n) is 4.29. The zero-order valence-corrected chi connectivity index (χ0v) is 14.4. The third-order valence-corrected chi connectivity index (χ3v) is 4.29. The zero-order valence-electron chi connectivity index (χ0n) is 14.4. The number of fused-ring (bicyclic) bond motifs is 1. The van der Waals surface area contributed by atoms with Crippen molar-refractivity contribution in [3.8, 4) is 11.6 Å². The Morgan fingerprint density at radius 3 is 2.59 bits per heavy atom. The first-order valence-corrected chi connectivity index (χ1v) is 8.23. The Balaban J connectivity index is 2.01. The summed E-state index contributed by atoms with van der Waals surface area (Å²) >= 11 is 0. The molecule has 7 nitrogen and oxygen atoms in total. The molecule has 2 heterocycles. The molecule has 1 aromatic heterocycles. The van der Waals surface area contributed by atoms with Gasteiger partial charge in [0, 0.05) is 5.56 Å². The molecule has 0 bridgehead atoms. The lowest BCUT2D eigenvalue weighted by molar-refractivity contribution is 0.414. The molecular formula is C20H16N4O3. The van der Waals surface area contributed by atoms with Gasteiger partial charge in [-0.2, -0.15) is 5.10 Å². The lowest BCUT2D eigenvalue weighted by Crippen LogP contribution is -2.42. The van der Waals surface area contributed by atoms with Gasteiger partial charge in [-0.1, -0.05) is 36.4 Å². The fourth-order valence-electron chi connectivity index (χ4n) is 3.01. The van der Waals surface area contributed by atoms with Crippen molar-refractivity contribution in [2.24, 2.45) is 5.10 Å². The van der Waals surface area contributed by atoms with Crippen LogP contribution in [0.25, 0.3) is 6.08 Å². The minimum absolute atomic E-state index is 0.0142. The van der Waals surface area contributed by atoms with E-state index in [9.17, 15) is 9.90 Å². The third kappa shape index (κ3) is 2.75. The van der Waals surface area contributed by atoms with E-state index in [0.717, 1.165) is 0 Å². The normalized spacial score (nSPS) is 13.4. The summed E-state index contributed by atoms with van der Waals surface area (Å²) < 4.78 is 5.34. The molecule has 3 aromatic rings. The van der Waals surface area contributed by atoms with Crippen molar-refractivity contribution in [2.45, 2.75) is 0 Å². The van der Waals surface area contributed by atoms with E-state index in [-0.39, 0.29) is 27.9 Å². The van der Waals surface area contributed by atoms with Gasteiger partial charge in [-0.3, -0.25) is 15.2 Å². The molecule has 0 amide bonds. The number of ether oxygens (including phenoxy) is 1. The van der Waals surface area contributed by atoms with E-state index in [4.69, 9.17) is 10.1 Å². The van der Waals surface area contributed by atoms with Crippen LogP contribution >= 0.6 is 0 Å². The minimum Gasteiger partial charge on any atom is -0.496 e. The van der Waals surface area contributed by atoms with Crippen LogP contribution in [-0.4, -0.2) is 23.0 Å². The number of methoxy groups -OCH3 is 1. The van der Waals surface area contributed by atoms with Crippen LogP contribution in [0.3, 0.4) is 0 Å². The average molecular weight is 360 g/mol. The summed E-state index contributed by atoms with van der Waals surface area (Å²) in [5, 5.41) is 24.9. The summed E-state index contributed by atoms with van der Waals surface area (Å²) in [6.07, 6.45) is 1.64. The predicted molar refractivity (Wildman–Crippen MR) is 102 cm³/mol. The second kappa shape index (κ2) is 6.45. The number of benzene rings is 2. The van der Waals surface area contributed by atoms with E-state index >= 15 is 0 Å². The molecular weight excluding hydrogens is 344 g/mol. The molecule has 0 aliphatic carbocycles. The number of aromatic amines is 1. The number of H-pyrrole nitrogens is 1. The largest absolute Gasteiger partial charge is 0.496 e. The second-order valence-electron chi connectivity index (χ2n) is 5.92. The summed E-state index contributed by atoms with van der Waals surface area (Å²) in [5.74, 6) is 0.214. The van der Waals surface area contributed by atoms with Gasteiger partial charge >= 0.3 is 0 Å². The van der Waals surface area contributed by atoms with Crippen molar-refractivity contribution in [3.05, 3.63) is 86.7 Å². The molecule has 27 heavy (non-hydrogen) atoms. The molecule has 3 N–H and O–H groups in total. The summed E-state index contributed by atoms with van der Waals surface area (Å²) in [4.78, 5) is 14.9. The van der Waals surface area contributed by atoms with Crippen LogP contribution < -0.4 is 25.9 Å². The zero-order chi connectivity index (χ0) is 19.0. The number of hydrogen-bond acceptors (Lipinski definition) is 5. The van der Waals surface area contributed by atoms with Gasteiger partial charge in [-0.15, -0.1) is 0 Å². The Morgan fingerprint density at radius 1 is 1.15 bits per heavy atom. The number of nitrogens with one attached hydrogen (secondary N) is 2. The number of rotatable bonds is 3. The van der Waals surface area contributed by atoms with Gasteiger partial charge in [0.2, 0.25) is 5.88 Å². The van der Waals surface area contributed by atoms with E-state index in [1.165, 1.54) is 5.01 Å². The first-order chi connectivity index (χ1) is 13.1. The molecule has 0 saturated heterocycles. The number of nitrogens with zero attached hydrogens (tertiary/aromatic N) is 2. The Kier molecular flexibility index (Phi) is 3.97. The van der Waals surface area contributed by atoms with Crippen LogP contribution in [-0.2, 0) is 0 Å². The second-order valence-corrected chi connectivity index (χ2v) is 5.92. The fraction of sp³-hybridized carbons (Fsp3) is 0.0500. The highest BCUT2D eigenvalue weighted by Gasteiger charge is 2.26. The predicted octanol–water partition coefficient (Wildman–Crippen LogP) is 1.30. The maximum absolute atomic E-state index is 12.5. The number of aromatic nitrogens is 1.